The van der Waals surface area contributed by atoms with Crippen LogP contribution in [-0.4, -0.2) is 12.4 Å². The molecule has 0 aliphatic heterocycles. The molecule has 1 aromatic carbocycles. The highest BCUT2D eigenvalue weighted by Gasteiger charge is 2.20. The average Bonchev–Trinajstić information content (AvgIpc) is 2.34. The quantitative estimate of drug-likeness (QED) is 0.335. The molecule has 0 saturated carbocycles. The van der Waals surface area contributed by atoms with Gasteiger partial charge >= 0.3 is 0 Å². The lowest BCUT2D eigenvalue weighted by Crippen LogP contribution is -2.30. The summed E-state index contributed by atoms with van der Waals surface area (Å²) in [5.41, 5.74) is 5.14. The summed E-state index contributed by atoms with van der Waals surface area (Å²) in [7, 11) is 0. The summed E-state index contributed by atoms with van der Waals surface area (Å²) >= 11 is 3.09. The van der Waals surface area contributed by atoms with Gasteiger partial charge in [0.25, 0.3) is 0 Å². The van der Waals surface area contributed by atoms with Gasteiger partial charge in [-0.2, -0.15) is 4.39 Å². The van der Waals surface area contributed by atoms with Crippen LogP contribution in [0.4, 0.5) is 8.78 Å². The Morgan fingerprint density at radius 2 is 2.00 bits per heavy atom. The van der Waals surface area contributed by atoms with E-state index in [-0.39, 0.29) is 17.0 Å². The SMILES string of the molecule is CC(C)(CCCCOc1cc(Br)cc(F)c1F)C(=N)N. The molecule has 112 valence electrons. The first-order valence-corrected chi connectivity index (χ1v) is 7.15. The number of benzene rings is 1. The monoisotopic (exact) mass is 348 g/mol. The second-order valence-corrected chi connectivity index (χ2v) is 6.22. The van der Waals surface area contributed by atoms with Gasteiger partial charge in [0.1, 0.15) is 0 Å². The fraction of sp³-hybridized carbons (Fsp3) is 0.500. The van der Waals surface area contributed by atoms with Gasteiger partial charge in [-0.15, -0.1) is 0 Å². The summed E-state index contributed by atoms with van der Waals surface area (Å²) in [6.07, 6.45) is 2.23. The predicted octanol–water partition coefficient (Wildman–Crippen LogP) is 4.24. The van der Waals surface area contributed by atoms with Crippen molar-refractivity contribution in [2.24, 2.45) is 11.1 Å². The molecule has 0 fully saturated rings. The van der Waals surface area contributed by atoms with Crippen molar-refractivity contribution in [3.05, 3.63) is 28.2 Å². The Balaban J connectivity index is 2.41. The zero-order chi connectivity index (χ0) is 15.3. The van der Waals surface area contributed by atoms with Gasteiger partial charge in [-0.25, -0.2) is 4.39 Å². The van der Waals surface area contributed by atoms with Crippen molar-refractivity contribution in [2.45, 2.75) is 33.1 Å². The number of halogens is 3. The molecule has 0 spiro atoms. The standard InChI is InChI=1S/C14H19BrF2N2O/c1-14(2,13(18)19)5-3-4-6-20-11-8-9(15)7-10(16)12(11)17/h7-8H,3-6H2,1-2H3,(H3,18,19). The first-order valence-electron chi connectivity index (χ1n) is 6.36. The number of rotatable bonds is 7. The minimum Gasteiger partial charge on any atom is -0.490 e. The normalized spacial score (nSPS) is 11.4. The van der Waals surface area contributed by atoms with Gasteiger partial charge in [-0.05, 0) is 31.4 Å². The van der Waals surface area contributed by atoms with E-state index in [9.17, 15) is 8.78 Å². The van der Waals surface area contributed by atoms with Crippen LogP contribution in [-0.2, 0) is 0 Å². The molecule has 0 atom stereocenters. The van der Waals surface area contributed by atoms with Crippen LogP contribution < -0.4 is 10.5 Å². The molecule has 0 aliphatic carbocycles. The number of amidine groups is 1. The van der Waals surface area contributed by atoms with Crippen LogP contribution in [0.5, 0.6) is 5.75 Å². The maximum Gasteiger partial charge on any atom is 0.200 e. The van der Waals surface area contributed by atoms with Gasteiger partial charge in [0.15, 0.2) is 11.6 Å². The fourth-order valence-corrected chi connectivity index (χ4v) is 2.03. The van der Waals surface area contributed by atoms with Gasteiger partial charge in [0, 0.05) is 9.89 Å². The highest BCUT2D eigenvalue weighted by atomic mass is 79.9. The molecule has 3 N–H and O–H groups in total. The molecule has 1 aromatic rings. The second-order valence-electron chi connectivity index (χ2n) is 5.30. The highest BCUT2D eigenvalue weighted by molar-refractivity contribution is 9.10. The first kappa shape index (κ1) is 16.9. The number of unbranched alkanes of at least 4 members (excludes halogenated alkanes) is 1. The van der Waals surface area contributed by atoms with Crippen molar-refractivity contribution < 1.29 is 13.5 Å². The molecule has 20 heavy (non-hydrogen) atoms. The molecule has 0 amide bonds. The second kappa shape index (κ2) is 7.02. The lowest BCUT2D eigenvalue weighted by molar-refractivity contribution is 0.278. The average molecular weight is 349 g/mol. The zero-order valence-corrected chi connectivity index (χ0v) is 13.2. The first-order chi connectivity index (χ1) is 9.24. The Bertz CT molecular complexity index is 492. The van der Waals surface area contributed by atoms with E-state index in [1.54, 1.807) is 0 Å². The largest absolute Gasteiger partial charge is 0.490 e. The molecule has 0 unspecified atom stereocenters. The van der Waals surface area contributed by atoms with Gasteiger partial charge in [-0.1, -0.05) is 29.8 Å². The molecule has 0 bridgehead atoms. The summed E-state index contributed by atoms with van der Waals surface area (Å²) in [6.45, 7) is 4.10. The van der Waals surface area contributed by atoms with Gasteiger partial charge in [0.2, 0.25) is 5.82 Å². The van der Waals surface area contributed by atoms with E-state index in [2.05, 4.69) is 15.9 Å². The van der Waals surface area contributed by atoms with Crippen molar-refractivity contribution in [2.75, 3.05) is 6.61 Å². The van der Waals surface area contributed by atoms with Crippen LogP contribution in [0, 0.1) is 22.5 Å². The molecular weight excluding hydrogens is 330 g/mol. The Hall–Kier alpha value is -1.17. The summed E-state index contributed by atoms with van der Waals surface area (Å²) in [5, 5.41) is 7.44. The van der Waals surface area contributed by atoms with Gasteiger partial charge < -0.3 is 10.5 Å². The number of hydrogen-bond acceptors (Lipinski definition) is 2. The van der Waals surface area contributed by atoms with Crippen LogP contribution in [0.15, 0.2) is 16.6 Å². The topological polar surface area (TPSA) is 59.1 Å². The van der Waals surface area contributed by atoms with Crippen molar-refractivity contribution in [3.8, 4) is 5.75 Å². The lowest BCUT2D eigenvalue weighted by atomic mass is 9.86. The van der Waals surface area contributed by atoms with Crippen LogP contribution in [0.1, 0.15) is 33.1 Å². The predicted molar refractivity (Wildman–Crippen MR) is 79.1 cm³/mol. The van der Waals surface area contributed by atoms with Crippen molar-refractivity contribution >= 4 is 21.8 Å². The van der Waals surface area contributed by atoms with Crippen LogP contribution in [0.3, 0.4) is 0 Å². The minimum atomic E-state index is -0.975. The van der Waals surface area contributed by atoms with E-state index < -0.39 is 11.6 Å². The van der Waals surface area contributed by atoms with E-state index in [4.69, 9.17) is 15.9 Å². The third-order valence-electron chi connectivity index (χ3n) is 3.14. The van der Waals surface area contributed by atoms with Gasteiger partial charge in [0.05, 0.1) is 12.4 Å². The molecule has 0 aromatic heterocycles. The van der Waals surface area contributed by atoms with Crippen LogP contribution >= 0.6 is 15.9 Å². The maximum absolute atomic E-state index is 13.4. The molecule has 0 heterocycles. The fourth-order valence-electron chi connectivity index (χ4n) is 1.62. The van der Waals surface area contributed by atoms with Crippen molar-refractivity contribution in [1.82, 2.24) is 0 Å². The smallest absolute Gasteiger partial charge is 0.200 e. The van der Waals surface area contributed by atoms with E-state index in [0.717, 1.165) is 18.9 Å². The van der Waals surface area contributed by atoms with Crippen LogP contribution in [0.25, 0.3) is 0 Å². The third kappa shape index (κ3) is 4.74. The number of nitrogens with two attached hydrogens (primary N) is 1. The molecule has 3 nitrogen and oxygen atoms in total. The summed E-state index contributed by atoms with van der Waals surface area (Å²) in [6, 6.07) is 2.45. The summed E-state index contributed by atoms with van der Waals surface area (Å²) < 4.78 is 32.2. The zero-order valence-electron chi connectivity index (χ0n) is 11.6. The van der Waals surface area contributed by atoms with Crippen molar-refractivity contribution in [3.63, 3.8) is 0 Å². The maximum atomic E-state index is 13.4. The molecular formula is C14H19BrF2N2O. The van der Waals surface area contributed by atoms with E-state index in [1.807, 2.05) is 13.8 Å². The molecule has 6 heteroatoms. The van der Waals surface area contributed by atoms with E-state index in [0.29, 0.717) is 17.5 Å². The number of ether oxygens (including phenoxy) is 1. The molecule has 0 aliphatic rings. The van der Waals surface area contributed by atoms with E-state index in [1.165, 1.54) is 6.07 Å². The number of hydrogen-bond donors (Lipinski definition) is 2. The Kier molecular flexibility index (Phi) is 5.92. The minimum absolute atomic E-state index is 0.0947. The summed E-state index contributed by atoms with van der Waals surface area (Å²) in [4.78, 5) is 0. The Morgan fingerprint density at radius 1 is 1.35 bits per heavy atom. The number of nitrogens with one attached hydrogen (secondary N) is 1. The van der Waals surface area contributed by atoms with Gasteiger partial charge in [-0.3, -0.25) is 5.41 Å². The summed E-state index contributed by atoms with van der Waals surface area (Å²) in [5.74, 6) is -1.86. The lowest BCUT2D eigenvalue weighted by Gasteiger charge is -2.22. The highest BCUT2D eigenvalue weighted by Crippen LogP contribution is 2.26. The molecule has 0 radical (unpaired) electrons. The van der Waals surface area contributed by atoms with Crippen LogP contribution in [0.2, 0.25) is 0 Å². The van der Waals surface area contributed by atoms with E-state index >= 15 is 0 Å². The Morgan fingerprint density at radius 3 is 2.60 bits per heavy atom. The molecule has 0 saturated heterocycles. The van der Waals surface area contributed by atoms with Crippen molar-refractivity contribution in [1.29, 1.82) is 5.41 Å². The molecule has 1 rings (SSSR count). The third-order valence-corrected chi connectivity index (χ3v) is 3.60. The Labute approximate surface area is 126 Å².